The number of halogens is 3. The van der Waals surface area contributed by atoms with Gasteiger partial charge >= 0.3 is 6.18 Å². The lowest BCUT2D eigenvalue weighted by molar-refractivity contribution is -0.142. The molecule has 1 atom stereocenters. The lowest BCUT2D eigenvalue weighted by Crippen LogP contribution is -2.37. The van der Waals surface area contributed by atoms with Gasteiger partial charge in [0.25, 0.3) is 0 Å². The summed E-state index contributed by atoms with van der Waals surface area (Å²) >= 11 is 0. The largest absolute Gasteiger partial charge is 0.435 e. The van der Waals surface area contributed by atoms with Crippen molar-refractivity contribution in [3.05, 3.63) is 18.0 Å². The summed E-state index contributed by atoms with van der Waals surface area (Å²) in [6, 6.07) is 0.869. The molecule has 1 fully saturated rings. The Morgan fingerprint density at radius 3 is 2.86 bits per heavy atom. The molecule has 0 aromatic carbocycles. The van der Waals surface area contributed by atoms with Crippen LogP contribution in [0.3, 0.4) is 0 Å². The molecular weight excluding hydrogens is 287 g/mol. The maximum absolute atomic E-state index is 12.4. The van der Waals surface area contributed by atoms with Crippen molar-refractivity contribution in [2.45, 2.75) is 26.1 Å². The average molecular weight is 305 g/mol. The molecule has 1 aliphatic rings. The fraction of sp³-hybridized carbons (Fsp3) is 0.692. The second-order valence-electron chi connectivity index (χ2n) is 5.06. The quantitative estimate of drug-likeness (QED) is 0.833. The van der Waals surface area contributed by atoms with Gasteiger partial charge in [0.15, 0.2) is 5.69 Å². The maximum atomic E-state index is 12.4. The van der Waals surface area contributed by atoms with E-state index in [0.717, 1.165) is 17.2 Å². The van der Waals surface area contributed by atoms with Gasteiger partial charge in [-0.25, -0.2) is 0 Å². The van der Waals surface area contributed by atoms with Gasteiger partial charge in [-0.3, -0.25) is 9.48 Å². The summed E-state index contributed by atoms with van der Waals surface area (Å²) < 4.78 is 43.6. The number of carbonyl (C=O) groups excluding carboxylic acids is 1. The summed E-state index contributed by atoms with van der Waals surface area (Å²) in [7, 11) is 0. The molecule has 21 heavy (non-hydrogen) atoms. The van der Waals surface area contributed by atoms with Crippen LogP contribution in [-0.4, -0.2) is 46.9 Å². The third kappa shape index (κ3) is 4.20. The molecule has 0 radical (unpaired) electrons. The first-order chi connectivity index (χ1) is 9.90. The van der Waals surface area contributed by atoms with Crippen LogP contribution >= 0.6 is 0 Å². The smallest absolute Gasteiger partial charge is 0.381 e. The highest BCUT2D eigenvalue weighted by molar-refractivity contribution is 5.75. The summed E-state index contributed by atoms with van der Waals surface area (Å²) in [5, 5.41) is 3.39. The third-order valence-corrected chi connectivity index (χ3v) is 3.47. The van der Waals surface area contributed by atoms with Gasteiger partial charge in [0.05, 0.1) is 6.61 Å². The number of nitrogens with zero attached hydrogens (tertiary/aromatic N) is 3. The molecule has 5 nitrogen and oxygen atoms in total. The standard InChI is InChI=1S/C13H18F3N3O2/c1-2-18(7-10-4-6-21-9-10)12(20)8-19-5-3-11(17-19)13(14,15)16/h3,5,10H,2,4,6-9H2,1H3/t10-/m0/s1. The molecule has 2 rings (SSSR count). The van der Waals surface area contributed by atoms with Gasteiger partial charge in [0.1, 0.15) is 6.54 Å². The Kier molecular flexibility index (Phi) is 4.87. The summed E-state index contributed by atoms with van der Waals surface area (Å²) in [6.45, 7) is 4.08. The van der Waals surface area contributed by atoms with Crippen molar-refractivity contribution in [1.82, 2.24) is 14.7 Å². The third-order valence-electron chi connectivity index (χ3n) is 3.47. The highest BCUT2D eigenvalue weighted by atomic mass is 19.4. The molecule has 1 saturated heterocycles. The highest BCUT2D eigenvalue weighted by Gasteiger charge is 2.33. The van der Waals surface area contributed by atoms with Crippen molar-refractivity contribution in [3.8, 4) is 0 Å². The molecule has 0 saturated carbocycles. The molecule has 0 unspecified atom stereocenters. The molecule has 0 bridgehead atoms. The molecule has 8 heteroatoms. The first-order valence-electron chi connectivity index (χ1n) is 6.86. The van der Waals surface area contributed by atoms with Crippen LogP contribution in [0.15, 0.2) is 12.3 Å². The molecule has 2 heterocycles. The fourth-order valence-electron chi connectivity index (χ4n) is 2.29. The second kappa shape index (κ2) is 6.46. The van der Waals surface area contributed by atoms with Gasteiger partial charge in [0, 0.05) is 31.8 Å². The second-order valence-corrected chi connectivity index (χ2v) is 5.06. The van der Waals surface area contributed by atoms with Crippen LogP contribution in [0.5, 0.6) is 0 Å². The predicted octanol–water partition coefficient (Wildman–Crippen LogP) is 1.79. The van der Waals surface area contributed by atoms with Gasteiger partial charge in [-0.15, -0.1) is 0 Å². The van der Waals surface area contributed by atoms with Crippen molar-refractivity contribution >= 4 is 5.91 Å². The molecule has 1 aromatic rings. The zero-order valence-electron chi connectivity index (χ0n) is 11.8. The number of ether oxygens (including phenoxy) is 1. The van der Waals surface area contributed by atoms with Gasteiger partial charge in [-0.1, -0.05) is 0 Å². The minimum atomic E-state index is -4.49. The summed E-state index contributed by atoms with van der Waals surface area (Å²) in [5.74, 6) is 0.0680. The van der Waals surface area contributed by atoms with E-state index < -0.39 is 11.9 Å². The number of rotatable bonds is 5. The van der Waals surface area contributed by atoms with E-state index in [1.165, 1.54) is 6.20 Å². The molecule has 1 aliphatic heterocycles. The van der Waals surface area contributed by atoms with Crippen molar-refractivity contribution in [2.24, 2.45) is 5.92 Å². The van der Waals surface area contributed by atoms with Crippen LogP contribution in [0, 0.1) is 5.92 Å². The minimum Gasteiger partial charge on any atom is -0.381 e. The van der Waals surface area contributed by atoms with Crippen LogP contribution < -0.4 is 0 Å². The number of hydrogen-bond acceptors (Lipinski definition) is 3. The van der Waals surface area contributed by atoms with Crippen LogP contribution in [0.4, 0.5) is 13.2 Å². The average Bonchev–Trinajstić information content (AvgIpc) is 3.05. The van der Waals surface area contributed by atoms with Crippen LogP contribution in [-0.2, 0) is 22.3 Å². The molecular formula is C13H18F3N3O2. The minimum absolute atomic E-state index is 0.183. The topological polar surface area (TPSA) is 47.4 Å². The zero-order chi connectivity index (χ0) is 15.5. The van der Waals surface area contributed by atoms with E-state index in [9.17, 15) is 18.0 Å². The number of hydrogen-bond donors (Lipinski definition) is 0. The number of alkyl halides is 3. The molecule has 1 amide bonds. The monoisotopic (exact) mass is 305 g/mol. The van der Waals surface area contributed by atoms with Crippen LogP contribution in [0.1, 0.15) is 19.0 Å². The van der Waals surface area contributed by atoms with E-state index in [0.29, 0.717) is 32.2 Å². The van der Waals surface area contributed by atoms with Crippen molar-refractivity contribution in [3.63, 3.8) is 0 Å². The maximum Gasteiger partial charge on any atom is 0.435 e. The van der Waals surface area contributed by atoms with E-state index in [4.69, 9.17) is 4.74 Å². The Balaban J connectivity index is 1.93. The van der Waals surface area contributed by atoms with E-state index in [1.54, 1.807) is 4.90 Å². The molecule has 0 N–H and O–H groups in total. The van der Waals surface area contributed by atoms with Gasteiger partial charge in [0.2, 0.25) is 5.91 Å². The van der Waals surface area contributed by atoms with E-state index in [2.05, 4.69) is 5.10 Å². The Labute approximate surface area is 120 Å². The van der Waals surface area contributed by atoms with Gasteiger partial charge in [-0.05, 0) is 19.4 Å². The first kappa shape index (κ1) is 15.8. The van der Waals surface area contributed by atoms with Crippen LogP contribution in [0.2, 0.25) is 0 Å². The Morgan fingerprint density at radius 1 is 1.57 bits per heavy atom. The summed E-state index contributed by atoms with van der Waals surface area (Å²) in [4.78, 5) is 13.8. The number of amides is 1. The van der Waals surface area contributed by atoms with Crippen molar-refractivity contribution in [2.75, 3.05) is 26.3 Å². The SMILES string of the molecule is CCN(C[C@@H]1CCOC1)C(=O)Cn1ccc(C(F)(F)F)n1. The Morgan fingerprint density at radius 2 is 2.33 bits per heavy atom. The number of aromatic nitrogens is 2. The Hall–Kier alpha value is -1.57. The lowest BCUT2D eigenvalue weighted by Gasteiger charge is -2.23. The van der Waals surface area contributed by atoms with Gasteiger partial charge < -0.3 is 9.64 Å². The molecule has 1 aromatic heterocycles. The van der Waals surface area contributed by atoms with E-state index in [1.807, 2.05) is 6.92 Å². The van der Waals surface area contributed by atoms with E-state index >= 15 is 0 Å². The number of likely N-dealkylation sites (N-methyl/N-ethyl adjacent to an activating group) is 1. The molecule has 0 spiro atoms. The lowest BCUT2D eigenvalue weighted by atomic mass is 10.1. The first-order valence-corrected chi connectivity index (χ1v) is 6.86. The van der Waals surface area contributed by atoms with Crippen LogP contribution in [0.25, 0.3) is 0 Å². The van der Waals surface area contributed by atoms with Gasteiger partial charge in [-0.2, -0.15) is 18.3 Å². The normalized spacial score (nSPS) is 19.0. The fourth-order valence-corrected chi connectivity index (χ4v) is 2.29. The summed E-state index contributed by atoms with van der Waals surface area (Å²) in [5.41, 5.74) is -0.984. The predicted molar refractivity (Wildman–Crippen MR) is 68.4 cm³/mol. The van der Waals surface area contributed by atoms with Crippen molar-refractivity contribution in [1.29, 1.82) is 0 Å². The van der Waals surface area contributed by atoms with Crippen molar-refractivity contribution < 1.29 is 22.7 Å². The van der Waals surface area contributed by atoms with E-state index in [-0.39, 0.29) is 12.5 Å². The highest BCUT2D eigenvalue weighted by Crippen LogP contribution is 2.27. The Bertz CT molecular complexity index is 481. The zero-order valence-corrected chi connectivity index (χ0v) is 11.8. The molecule has 0 aliphatic carbocycles. The molecule has 118 valence electrons. The summed E-state index contributed by atoms with van der Waals surface area (Å²) in [6.07, 6.45) is -2.41. The number of carbonyl (C=O) groups is 1.